The van der Waals surface area contributed by atoms with Crippen LogP contribution in [-0.2, 0) is 0 Å². The summed E-state index contributed by atoms with van der Waals surface area (Å²) < 4.78 is 2.22. The molecule has 3 aromatic rings. The molecule has 6 heteroatoms. The maximum atomic E-state index is 6.20. The van der Waals surface area contributed by atoms with Gasteiger partial charge in [-0.05, 0) is 85.1 Å². The number of aromatic nitrogens is 2. The highest BCUT2D eigenvalue weighted by molar-refractivity contribution is 6.30. The van der Waals surface area contributed by atoms with Gasteiger partial charge in [-0.3, -0.25) is 4.99 Å². The van der Waals surface area contributed by atoms with Crippen molar-refractivity contribution in [2.24, 2.45) is 10.9 Å². The van der Waals surface area contributed by atoms with Crippen LogP contribution in [0.25, 0.3) is 28.1 Å². The summed E-state index contributed by atoms with van der Waals surface area (Å²) in [5.41, 5.74) is 6.67. The summed E-state index contributed by atoms with van der Waals surface area (Å²) in [5.74, 6) is 0.580. The minimum atomic E-state index is 0.580. The zero-order valence-corrected chi connectivity index (χ0v) is 21.2. The summed E-state index contributed by atoms with van der Waals surface area (Å²) in [6.45, 7) is 5.18. The van der Waals surface area contributed by atoms with E-state index < -0.39 is 0 Å². The first-order valence-corrected chi connectivity index (χ1v) is 12.5. The third-order valence-electron chi connectivity index (χ3n) is 5.89. The number of halogens is 2. The molecule has 0 aromatic heterocycles. The molecule has 0 spiro atoms. The lowest BCUT2D eigenvalue weighted by atomic mass is 10.1. The Morgan fingerprint density at radius 2 is 1.57 bits per heavy atom. The molecule has 2 aliphatic rings. The summed E-state index contributed by atoms with van der Waals surface area (Å²) in [5, 5.41) is 5.83. The van der Waals surface area contributed by atoms with Gasteiger partial charge in [-0.2, -0.15) is 0 Å². The van der Waals surface area contributed by atoms with E-state index in [2.05, 4.69) is 41.9 Å². The number of fused-ring (bicyclic) bond motifs is 2. The Hall–Kier alpha value is -3.34. The number of anilines is 2. The zero-order chi connectivity index (χ0) is 24.4. The summed E-state index contributed by atoms with van der Waals surface area (Å²) in [4.78, 5) is 9.99. The van der Waals surface area contributed by atoms with Crippen LogP contribution < -0.4 is 10.7 Å². The number of benzene rings is 4. The molecule has 0 atom stereocenters. The third-order valence-corrected chi connectivity index (χ3v) is 6.40. The fourth-order valence-electron chi connectivity index (χ4n) is 4.07. The van der Waals surface area contributed by atoms with Gasteiger partial charge in [0.25, 0.3) is 0 Å². The third kappa shape index (κ3) is 5.19. The van der Waals surface area contributed by atoms with E-state index >= 15 is 0 Å². The van der Waals surface area contributed by atoms with Crippen molar-refractivity contribution >= 4 is 45.6 Å². The van der Waals surface area contributed by atoms with E-state index in [1.807, 2.05) is 66.7 Å². The standard InChI is InChI=1S/C29H26Cl2N4/c1-19(2)15-16-32-25-18-29-27(17-26(25)33-22-11-7-20(30)8-12-22)34-24-5-3-4-6-28(24)35(29)23-13-9-21(31)10-14-23/h3-14,17-19,33H,15-16H2,1-2H3. The van der Waals surface area contributed by atoms with E-state index in [9.17, 15) is 0 Å². The van der Waals surface area contributed by atoms with Gasteiger partial charge in [-0.15, -0.1) is 0 Å². The van der Waals surface area contributed by atoms with Crippen molar-refractivity contribution in [1.29, 1.82) is 0 Å². The molecular formula is C29H26Cl2N4. The Balaban J connectivity index is 1.75. The highest BCUT2D eigenvalue weighted by Crippen LogP contribution is 2.31. The van der Waals surface area contributed by atoms with Crippen LogP contribution >= 0.6 is 23.2 Å². The summed E-state index contributed by atoms with van der Waals surface area (Å²) in [6.07, 6.45) is 1.02. The predicted molar refractivity (Wildman–Crippen MR) is 147 cm³/mol. The molecule has 4 nitrogen and oxygen atoms in total. The molecule has 1 aliphatic heterocycles. The van der Waals surface area contributed by atoms with Crippen LogP contribution in [0, 0.1) is 5.92 Å². The Morgan fingerprint density at radius 3 is 2.29 bits per heavy atom. The van der Waals surface area contributed by atoms with Crippen molar-refractivity contribution in [3.63, 3.8) is 0 Å². The molecular weight excluding hydrogens is 475 g/mol. The summed E-state index contributed by atoms with van der Waals surface area (Å²) in [7, 11) is 0. The molecule has 35 heavy (non-hydrogen) atoms. The fraction of sp³-hybridized carbons (Fsp3) is 0.172. The van der Waals surface area contributed by atoms with Crippen LogP contribution in [0.2, 0.25) is 10.0 Å². The quantitative estimate of drug-likeness (QED) is 0.239. The van der Waals surface area contributed by atoms with Crippen molar-refractivity contribution in [1.82, 2.24) is 9.55 Å². The van der Waals surface area contributed by atoms with Crippen LogP contribution in [0.4, 0.5) is 11.4 Å². The number of nitrogens with one attached hydrogen (secondary N) is 1. The van der Waals surface area contributed by atoms with E-state index in [0.29, 0.717) is 16.0 Å². The van der Waals surface area contributed by atoms with Crippen molar-refractivity contribution < 1.29 is 0 Å². The van der Waals surface area contributed by atoms with Gasteiger partial charge in [0.2, 0.25) is 0 Å². The predicted octanol–water partition coefficient (Wildman–Crippen LogP) is 8.13. The lowest BCUT2D eigenvalue weighted by molar-refractivity contribution is 0.593. The van der Waals surface area contributed by atoms with Crippen molar-refractivity contribution in [3.05, 3.63) is 100 Å². The highest BCUT2D eigenvalue weighted by Gasteiger charge is 2.16. The number of rotatable bonds is 6. The van der Waals surface area contributed by atoms with E-state index in [-0.39, 0.29) is 0 Å². The number of hydrogen-bond acceptors (Lipinski definition) is 3. The van der Waals surface area contributed by atoms with Crippen LogP contribution in [0.5, 0.6) is 0 Å². The second kappa shape index (κ2) is 10.1. The molecule has 1 heterocycles. The smallest absolute Gasteiger partial charge is 0.0900 e. The SMILES string of the molecule is CC(C)CCN=c1cc2n(-c3ccc(Cl)cc3)c3ccccc3nc-2cc1Nc1ccc(Cl)cc1. The van der Waals surface area contributed by atoms with Gasteiger partial charge in [0.05, 0.1) is 33.5 Å². The molecule has 0 bridgehead atoms. The highest BCUT2D eigenvalue weighted by atomic mass is 35.5. The van der Waals surface area contributed by atoms with E-state index in [1.165, 1.54) is 0 Å². The van der Waals surface area contributed by atoms with Crippen molar-refractivity contribution in [3.8, 4) is 17.1 Å². The Morgan fingerprint density at radius 1 is 0.886 bits per heavy atom. The molecule has 0 amide bonds. The van der Waals surface area contributed by atoms with E-state index in [4.69, 9.17) is 33.2 Å². The first kappa shape index (κ1) is 23.4. The second-order valence-corrected chi connectivity index (χ2v) is 9.84. The van der Waals surface area contributed by atoms with Gasteiger partial charge in [-0.25, -0.2) is 4.98 Å². The molecule has 5 rings (SSSR count). The lowest BCUT2D eigenvalue weighted by Crippen LogP contribution is -2.15. The molecule has 1 N–H and O–H groups in total. The van der Waals surface area contributed by atoms with Gasteiger partial charge in [0.1, 0.15) is 0 Å². The number of nitrogens with zero attached hydrogens (tertiary/aromatic N) is 3. The minimum absolute atomic E-state index is 0.580. The molecule has 3 aromatic carbocycles. The monoisotopic (exact) mass is 500 g/mol. The zero-order valence-electron chi connectivity index (χ0n) is 19.7. The molecule has 0 saturated heterocycles. The normalized spacial score (nSPS) is 12.1. The van der Waals surface area contributed by atoms with Gasteiger partial charge in [0, 0.05) is 28.0 Å². The summed E-state index contributed by atoms with van der Waals surface area (Å²) >= 11 is 12.3. The minimum Gasteiger partial charge on any atom is -0.354 e. The van der Waals surface area contributed by atoms with E-state index in [1.54, 1.807) is 0 Å². The van der Waals surface area contributed by atoms with Crippen LogP contribution in [-0.4, -0.2) is 16.1 Å². The van der Waals surface area contributed by atoms with Crippen LogP contribution in [0.15, 0.2) is 89.9 Å². The average Bonchev–Trinajstić information content (AvgIpc) is 2.85. The molecule has 0 fully saturated rings. The Labute approximate surface area is 215 Å². The van der Waals surface area contributed by atoms with Gasteiger partial charge >= 0.3 is 0 Å². The van der Waals surface area contributed by atoms with Crippen molar-refractivity contribution in [2.75, 3.05) is 11.9 Å². The van der Waals surface area contributed by atoms with E-state index in [0.717, 1.165) is 57.8 Å². The maximum absolute atomic E-state index is 6.20. The van der Waals surface area contributed by atoms with Crippen LogP contribution in [0.1, 0.15) is 20.3 Å². The fourth-order valence-corrected chi connectivity index (χ4v) is 4.32. The number of hydrogen-bond donors (Lipinski definition) is 1. The maximum Gasteiger partial charge on any atom is 0.0900 e. The number of para-hydroxylation sites is 2. The van der Waals surface area contributed by atoms with Gasteiger partial charge in [-0.1, -0.05) is 49.2 Å². The molecule has 0 radical (unpaired) electrons. The second-order valence-electron chi connectivity index (χ2n) is 8.97. The molecule has 1 aliphatic carbocycles. The molecule has 0 saturated carbocycles. The van der Waals surface area contributed by atoms with Gasteiger partial charge < -0.3 is 9.88 Å². The first-order chi connectivity index (χ1) is 17.0. The summed E-state index contributed by atoms with van der Waals surface area (Å²) in [6, 6.07) is 27.9. The lowest BCUT2D eigenvalue weighted by Gasteiger charge is -2.20. The van der Waals surface area contributed by atoms with Gasteiger partial charge in [0.15, 0.2) is 0 Å². The van der Waals surface area contributed by atoms with Crippen molar-refractivity contribution in [2.45, 2.75) is 20.3 Å². The Kier molecular flexibility index (Phi) is 6.76. The topological polar surface area (TPSA) is 42.2 Å². The van der Waals surface area contributed by atoms with Crippen LogP contribution in [0.3, 0.4) is 0 Å². The Bertz CT molecular complexity index is 1500. The first-order valence-electron chi connectivity index (χ1n) is 11.7. The average molecular weight is 501 g/mol. The molecule has 176 valence electrons. The molecule has 0 unspecified atom stereocenters. The largest absolute Gasteiger partial charge is 0.354 e.